The molecule has 23 nitrogen and oxygen atoms in total. The predicted octanol–water partition coefficient (Wildman–Crippen LogP) is 14.8. The normalized spacial score (nSPS) is 21.8. The number of nitrogen functional groups attached to an aromatic ring is 1. The summed E-state index contributed by atoms with van der Waals surface area (Å²) >= 11 is 5.49. The Balaban J connectivity index is 0.000000135. The second-order valence-electron chi connectivity index (χ2n) is 32.4. The number of piperidine rings is 6. The maximum Gasteiger partial charge on any atom is 0.394 e. The molecule has 7 aliphatic rings. The Labute approximate surface area is 663 Å². The minimum atomic E-state index is -1.49. The van der Waals surface area contributed by atoms with Crippen molar-refractivity contribution in [2.75, 3.05) is 102 Å². The van der Waals surface area contributed by atoms with Crippen molar-refractivity contribution in [3.63, 3.8) is 0 Å². The van der Waals surface area contributed by atoms with Crippen LogP contribution in [0.1, 0.15) is 212 Å². The zero-order valence-corrected chi connectivity index (χ0v) is 68.3. The van der Waals surface area contributed by atoms with Crippen LogP contribution in [-0.2, 0) is 28.8 Å². The Kier molecular flexibility index (Phi) is 26.0. The number of amides is 5. The van der Waals surface area contributed by atoms with Gasteiger partial charge in [0.25, 0.3) is 0 Å². The van der Waals surface area contributed by atoms with E-state index in [1.54, 1.807) is 50.8 Å². The predicted molar refractivity (Wildman–Crippen MR) is 444 cm³/mol. The Morgan fingerprint density at radius 1 is 0.450 bits per heavy atom. The van der Waals surface area contributed by atoms with Gasteiger partial charge in [-0.2, -0.15) is 0 Å². The first kappa shape index (κ1) is 80.3. The van der Waals surface area contributed by atoms with Crippen molar-refractivity contribution in [1.29, 1.82) is 0 Å². The van der Waals surface area contributed by atoms with Crippen LogP contribution >= 0.6 is 34.0 Å². The molecule has 0 spiro atoms. The van der Waals surface area contributed by atoms with Crippen LogP contribution in [0.2, 0.25) is 0 Å². The van der Waals surface area contributed by atoms with Gasteiger partial charge in [0.05, 0.1) is 93.4 Å². The second-order valence-corrected chi connectivity index (χ2v) is 35.6. The lowest BCUT2D eigenvalue weighted by Gasteiger charge is -2.38. The number of thiazole rings is 3. The molecule has 7 fully saturated rings. The molecule has 12 heterocycles. The molecule has 1 aliphatic carbocycles. The Morgan fingerprint density at radius 2 is 0.847 bits per heavy atom. The summed E-state index contributed by atoms with van der Waals surface area (Å²) in [4.78, 5) is 112. The average molecular weight is 1560 g/mol. The Morgan fingerprint density at radius 3 is 1.26 bits per heavy atom. The smallest absolute Gasteiger partial charge is 0.394 e. The summed E-state index contributed by atoms with van der Waals surface area (Å²) in [6.07, 6.45) is 20.2. The molecule has 6 atom stereocenters. The highest BCUT2D eigenvalue weighted by atomic mass is 32.1. The quantitative estimate of drug-likeness (QED) is 0.0694. The highest BCUT2D eigenvalue weighted by Gasteiger charge is 2.38. The molecule has 588 valence electrons. The first-order valence-electron chi connectivity index (χ1n) is 39.7. The summed E-state index contributed by atoms with van der Waals surface area (Å²) in [7, 11) is 6.57. The number of hydrogen-bond acceptors (Lipinski definition) is 20. The van der Waals surface area contributed by atoms with Crippen LogP contribution in [0.4, 0.5) is 22.9 Å². The molecule has 5 amide bonds. The molecule has 111 heavy (non-hydrogen) atoms. The largest absolute Gasteiger partial charge is 0.474 e. The van der Waals surface area contributed by atoms with Gasteiger partial charge in [-0.25, -0.2) is 24.7 Å². The molecule has 6 aliphatic heterocycles. The molecule has 16 rings (SSSR count). The SMILES string of the molecule is CC1CCC(c2ccc3sc(C4CCN(C)CC4)nc3c2)NC1.Cc1cc(NC(=O)C(=O)N2CC(C)CCC2c2ccc3sc(C4CCN(C)CC4)nc3c2)cnc1C.Cc1cc(NC(=O)C(=O)N2CC(C)CCC2c2ccc3sc(C4CCN(C)CC4)nc3c2)cnc1N.Cc1ncc(NC(=O)C(=O)O)cc1C1CC1. The number of carbonyl (C=O) groups excluding carboxylic acids is 5. The van der Waals surface area contributed by atoms with Gasteiger partial charge < -0.3 is 56.6 Å². The van der Waals surface area contributed by atoms with Crippen molar-refractivity contribution >= 4 is 123 Å². The third kappa shape index (κ3) is 20.2. The lowest BCUT2D eigenvalue weighted by atomic mass is 9.89. The van der Waals surface area contributed by atoms with Crippen molar-refractivity contribution in [2.45, 2.75) is 180 Å². The third-order valence-electron chi connectivity index (χ3n) is 23.4. The first-order chi connectivity index (χ1) is 53.3. The number of anilines is 4. The monoisotopic (exact) mass is 1560 g/mol. The van der Waals surface area contributed by atoms with Crippen molar-refractivity contribution in [1.82, 2.24) is 59.7 Å². The molecule has 1 saturated carbocycles. The van der Waals surface area contributed by atoms with Crippen LogP contribution in [0.25, 0.3) is 30.6 Å². The molecule has 6 aromatic heterocycles. The molecular weight excluding hydrogens is 1450 g/mol. The zero-order valence-electron chi connectivity index (χ0n) is 65.8. The summed E-state index contributed by atoms with van der Waals surface area (Å²) < 4.78 is 3.72. The average Bonchev–Trinajstić information content (AvgIpc) is 1.69. The van der Waals surface area contributed by atoms with Crippen LogP contribution < -0.4 is 27.0 Å². The summed E-state index contributed by atoms with van der Waals surface area (Å²) in [6, 6.07) is 25.3. The maximum absolute atomic E-state index is 13.4. The minimum Gasteiger partial charge on any atom is -0.474 e. The number of benzene rings is 3. The number of hydrogen-bond donors (Lipinski definition) is 6. The van der Waals surface area contributed by atoms with E-state index in [1.807, 2.05) is 45.1 Å². The topological polar surface area (TPSA) is 290 Å². The lowest BCUT2D eigenvalue weighted by Crippen LogP contribution is -2.46. The fourth-order valence-electron chi connectivity index (χ4n) is 16.1. The fraction of sp³-hybridized carbons (Fsp3) is 0.506. The van der Waals surface area contributed by atoms with E-state index in [-0.39, 0.29) is 12.1 Å². The van der Waals surface area contributed by atoms with Crippen LogP contribution in [0.3, 0.4) is 0 Å². The molecule has 7 N–H and O–H groups in total. The van der Waals surface area contributed by atoms with Gasteiger partial charge >= 0.3 is 35.5 Å². The molecule has 26 heteroatoms. The molecule has 6 unspecified atom stereocenters. The van der Waals surface area contributed by atoms with Crippen LogP contribution in [0.15, 0.2) is 91.4 Å². The molecular formula is C85H108N16O7S3. The van der Waals surface area contributed by atoms with E-state index in [2.05, 4.69) is 147 Å². The molecule has 0 radical (unpaired) electrons. The number of fused-ring (bicyclic) bond motifs is 3. The number of aliphatic carboxylic acids is 1. The van der Waals surface area contributed by atoms with E-state index in [1.165, 1.54) is 91.4 Å². The van der Waals surface area contributed by atoms with E-state index >= 15 is 0 Å². The van der Waals surface area contributed by atoms with Gasteiger partial charge in [-0.15, -0.1) is 34.0 Å². The van der Waals surface area contributed by atoms with E-state index in [0.29, 0.717) is 77.5 Å². The van der Waals surface area contributed by atoms with Gasteiger partial charge in [-0.1, -0.05) is 39.0 Å². The van der Waals surface area contributed by atoms with E-state index in [0.717, 1.165) is 153 Å². The number of aryl methyl sites for hydroxylation is 4. The number of nitrogens with two attached hydrogens (primary N) is 1. The molecule has 9 aromatic rings. The van der Waals surface area contributed by atoms with E-state index < -0.39 is 35.5 Å². The summed E-state index contributed by atoms with van der Waals surface area (Å²) in [6.45, 7) is 23.3. The van der Waals surface area contributed by atoms with Gasteiger partial charge in [-0.05, 0) is 296 Å². The molecule has 0 bridgehead atoms. The zero-order chi connectivity index (χ0) is 78.3. The highest BCUT2D eigenvalue weighted by Crippen LogP contribution is 2.44. The van der Waals surface area contributed by atoms with Gasteiger partial charge in [0.15, 0.2) is 0 Å². The second kappa shape index (κ2) is 35.9. The van der Waals surface area contributed by atoms with E-state index in [9.17, 15) is 28.8 Å². The Hall–Kier alpha value is -8.76. The Bertz CT molecular complexity index is 4620. The maximum atomic E-state index is 13.4. The number of carboxylic acids is 1. The fourth-order valence-corrected chi connectivity index (χ4v) is 19.5. The number of nitrogens with zero attached hydrogens (tertiary/aromatic N) is 11. The van der Waals surface area contributed by atoms with Gasteiger partial charge in [-0.3, -0.25) is 33.9 Å². The number of nitrogens with one attached hydrogen (secondary N) is 4. The van der Waals surface area contributed by atoms with Crippen LogP contribution in [0.5, 0.6) is 0 Å². The first-order valence-corrected chi connectivity index (χ1v) is 42.2. The number of carboxylic acid groups (broad SMARTS) is 1. The summed E-state index contributed by atoms with van der Waals surface area (Å²) in [5.74, 6) is -0.677. The summed E-state index contributed by atoms with van der Waals surface area (Å²) in [5.41, 5.74) is 18.6. The number of aromatic nitrogens is 6. The third-order valence-corrected chi connectivity index (χ3v) is 27.0. The van der Waals surface area contributed by atoms with Crippen molar-refractivity contribution in [3.05, 3.63) is 151 Å². The number of pyridine rings is 3. The van der Waals surface area contributed by atoms with Crippen LogP contribution in [0, 0.1) is 45.4 Å². The van der Waals surface area contributed by atoms with Crippen molar-refractivity contribution < 1.29 is 33.9 Å². The van der Waals surface area contributed by atoms with E-state index in [4.69, 9.17) is 25.8 Å². The standard InChI is InChI=1S/C28H35N5O2S.C27H34N6O2S.C19H27N3S.C11H12N2O3/c1-17-5-7-24(33(16-17)28(35)26(34)30-22-13-18(2)19(3)29-15-22)21-6-8-25-23(14-21)31-27(36-25)20-9-11-32(4)12-10-20;1-16-4-6-22(33(15-16)27(35)25(34)30-20-12-17(2)24(28)29-14-20)19-5-7-23-21(13-19)31-26(36-23)18-8-10-32(3)11-9-18;1-13-3-5-16(20-12-13)15-4-6-18-17(11-15)21-19(23-18)14-7-9-22(2)10-8-14;1-6-9(7-2-3-7)4-8(5-12-6)13-10(14)11(15)16/h6,8,13-15,17,20,24H,5,7,9-12,16H2,1-4H3,(H,30,34);5,7,12-14,16,18,22H,4,6,8-11,15H2,1-3H3,(H2,28,29)(H,30,34);4,6,11,13-14,16,20H,3,5,7-10,12H2,1-2H3;4-5,7H,2-3H2,1H3,(H,13,14)(H,15,16). The molecule has 6 saturated heterocycles. The van der Waals surface area contributed by atoms with Crippen LogP contribution in [-0.4, -0.2) is 175 Å². The molecule has 3 aromatic carbocycles. The number of carbonyl (C=O) groups is 6. The lowest BCUT2D eigenvalue weighted by molar-refractivity contribution is -0.147. The number of likely N-dealkylation sites (tertiary alicyclic amines) is 5. The number of rotatable bonds is 10. The minimum absolute atomic E-state index is 0.129. The van der Waals surface area contributed by atoms with Gasteiger partial charge in [0.1, 0.15) is 5.82 Å². The summed E-state index contributed by atoms with van der Waals surface area (Å²) in [5, 5.41) is 23.7. The van der Waals surface area contributed by atoms with Gasteiger partial charge in [0.2, 0.25) is 0 Å². The van der Waals surface area contributed by atoms with Crippen molar-refractivity contribution in [3.8, 4) is 0 Å². The van der Waals surface area contributed by atoms with Gasteiger partial charge in [0, 0.05) is 48.3 Å². The van der Waals surface area contributed by atoms with Crippen molar-refractivity contribution in [2.24, 2.45) is 17.8 Å². The highest BCUT2D eigenvalue weighted by molar-refractivity contribution is 7.19.